The molecule has 3 heteroatoms. The summed E-state index contributed by atoms with van der Waals surface area (Å²) in [6, 6.07) is 0.617. The number of nitrogens with zero attached hydrogens (tertiary/aromatic N) is 1. The lowest BCUT2D eigenvalue weighted by Gasteiger charge is -2.38. The van der Waals surface area contributed by atoms with Crippen LogP contribution >= 0.6 is 0 Å². The minimum absolute atomic E-state index is 0.137. The molecule has 2 atom stereocenters. The highest BCUT2D eigenvalue weighted by atomic mass is 16.2. The third-order valence-corrected chi connectivity index (χ3v) is 4.08. The molecule has 1 heterocycles. The van der Waals surface area contributed by atoms with Crippen LogP contribution in [0.3, 0.4) is 0 Å². The SMILES string of the molecule is CC(C)C(=O)N1CC[C@H](NCC2CC2)[C@H](C)C1. The Hall–Kier alpha value is -0.570. The van der Waals surface area contributed by atoms with Crippen LogP contribution in [0.2, 0.25) is 0 Å². The van der Waals surface area contributed by atoms with Gasteiger partial charge in [0.2, 0.25) is 5.91 Å². The van der Waals surface area contributed by atoms with Gasteiger partial charge < -0.3 is 10.2 Å². The van der Waals surface area contributed by atoms with Gasteiger partial charge in [0, 0.05) is 25.0 Å². The van der Waals surface area contributed by atoms with Crippen molar-refractivity contribution in [1.82, 2.24) is 10.2 Å². The summed E-state index contributed by atoms with van der Waals surface area (Å²) in [4.78, 5) is 14.0. The van der Waals surface area contributed by atoms with Gasteiger partial charge in [-0.25, -0.2) is 0 Å². The first-order valence-corrected chi connectivity index (χ1v) is 7.10. The molecule has 0 spiro atoms. The number of piperidine rings is 1. The smallest absolute Gasteiger partial charge is 0.225 e. The van der Waals surface area contributed by atoms with Gasteiger partial charge in [-0.05, 0) is 37.6 Å². The van der Waals surface area contributed by atoms with Crippen LogP contribution in [-0.4, -0.2) is 36.5 Å². The number of hydrogen-bond donors (Lipinski definition) is 1. The Balaban J connectivity index is 1.77. The summed E-state index contributed by atoms with van der Waals surface area (Å²) in [6.45, 7) is 9.30. The normalized spacial score (nSPS) is 29.8. The zero-order chi connectivity index (χ0) is 12.4. The van der Waals surface area contributed by atoms with Crippen LogP contribution in [0.5, 0.6) is 0 Å². The lowest BCUT2D eigenvalue weighted by Crippen LogP contribution is -2.51. The van der Waals surface area contributed by atoms with Crippen LogP contribution in [0.1, 0.15) is 40.0 Å². The number of amides is 1. The number of carbonyl (C=O) groups is 1. The maximum absolute atomic E-state index is 11.9. The molecular formula is C14H26N2O. The molecule has 2 aliphatic rings. The summed E-state index contributed by atoms with van der Waals surface area (Å²) in [6.07, 6.45) is 3.93. The predicted molar refractivity (Wildman–Crippen MR) is 69.7 cm³/mol. The molecule has 1 amide bonds. The molecule has 0 aromatic heterocycles. The van der Waals surface area contributed by atoms with E-state index in [1.165, 1.54) is 19.4 Å². The van der Waals surface area contributed by atoms with E-state index in [2.05, 4.69) is 12.2 Å². The molecule has 1 saturated carbocycles. The molecule has 1 saturated heterocycles. The fourth-order valence-corrected chi connectivity index (χ4v) is 2.65. The van der Waals surface area contributed by atoms with Gasteiger partial charge >= 0.3 is 0 Å². The highest BCUT2D eigenvalue weighted by molar-refractivity contribution is 5.78. The van der Waals surface area contributed by atoms with Gasteiger partial charge in [0.25, 0.3) is 0 Å². The number of rotatable bonds is 4. The first kappa shape index (κ1) is 12.9. The van der Waals surface area contributed by atoms with Crippen molar-refractivity contribution in [3.8, 4) is 0 Å². The van der Waals surface area contributed by atoms with E-state index in [0.29, 0.717) is 17.9 Å². The van der Waals surface area contributed by atoms with Crippen molar-refractivity contribution >= 4 is 5.91 Å². The molecule has 2 rings (SSSR count). The number of carbonyl (C=O) groups excluding carboxylic acids is 1. The molecule has 0 bridgehead atoms. The molecule has 2 fully saturated rings. The summed E-state index contributed by atoms with van der Waals surface area (Å²) in [7, 11) is 0. The van der Waals surface area contributed by atoms with Gasteiger partial charge in [0.05, 0.1) is 0 Å². The van der Waals surface area contributed by atoms with Gasteiger partial charge in [0.1, 0.15) is 0 Å². The topological polar surface area (TPSA) is 32.3 Å². The fourth-order valence-electron chi connectivity index (χ4n) is 2.65. The fraction of sp³-hybridized carbons (Fsp3) is 0.929. The average molecular weight is 238 g/mol. The van der Waals surface area contributed by atoms with Crippen molar-refractivity contribution in [1.29, 1.82) is 0 Å². The molecule has 0 aromatic carbocycles. The standard InChI is InChI=1S/C14H26N2O/c1-10(2)14(17)16-7-6-13(11(3)9-16)15-8-12-4-5-12/h10-13,15H,4-9H2,1-3H3/t11-,13+/m1/s1. The largest absolute Gasteiger partial charge is 0.342 e. The third kappa shape index (κ3) is 3.44. The maximum Gasteiger partial charge on any atom is 0.225 e. The van der Waals surface area contributed by atoms with Crippen LogP contribution in [0.15, 0.2) is 0 Å². The molecule has 1 N–H and O–H groups in total. The van der Waals surface area contributed by atoms with E-state index < -0.39 is 0 Å². The van der Waals surface area contributed by atoms with Gasteiger partial charge in [-0.3, -0.25) is 4.79 Å². The van der Waals surface area contributed by atoms with E-state index in [4.69, 9.17) is 0 Å². The van der Waals surface area contributed by atoms with E-state index >= 15 is 0 Å². The Bertz CT molecular complexity index is 273. The molecule has 1 aliphatic heterocycles. The molecule has 0 aromatic rings. The van der Waals surface area contributed by atoms with Crippen LogP contribution in [0.25, 0.3) is 0 Å². The first-order valence-electron chi connectivity index (χ1n) is 7.10. The minimum Gasteiger partial charge on any atom is -0.342 e. The highest BCUT2D eigenvalue weighted by Crippen LogP contribution is 2.28. The molecule has 17 heavy (non-hydrogen) atoms. The molecule has 3 nitrogen and oxygen atoms in total. The lowest BCUT2D eigenvalue weighted by molar-refractivity contribution is -0.136. The van der Waals surface area contributed by atoms with Crippen molar-refractivity contribution in [3.63, 3.8) is 0 Å². The van der Waals surface area contributed by atoms with Crippen molar-refractivity contribution in [3.05, 3.63) is 0 Å². The van der Waals surface area contributed by atoms with Crippen LogP contribution in [-0.2, 0) is 4.79 Å². The summed E-state index contributed by atoms with van der Waals surface area (Å²) in [5, 5.41) is 3.68. The number of nitrogens with one attached hydrogen (secondary N) is 1. The summed E-state index contributed by atoms with van der Waals surface area (Å²) < 4.78 is 0. The second kappa shape index (κ2) is 5.38. The van der Waals surface area contributed by atoms with Crippen LogP contribution in [0.4, 0.5) is 0 Å². The molecule has 0 unspecified atom stereocenters. The monoisotopic (exact) mass is 238 g/mol. The van der Waals surface area contributed by atoms with Gasteiger partial charge in [-0.2, -0.15) is 0 Å². The summed E-state index contributed by atoms with van der Waals surface area (Å²) in [5.41, 5.74) is 0. The lowest BCUT2D eigenvalue weighted by atomic mass is 9.93. The molecular weight excluding hydrogens is 212 g/mol. The van der Waals surface area contributed by atoms with E-state index in [1.54, 1.807) is 0 Å². The van der Waals surface area contributed by atoms with Gasteiger partial charge in [0.15, 0.2) is 0 Å². The Morgan fingerprint density at radius 2 is 2.06 bits per heavy atom. The van der Waals surface area contributed by atoms with Crippen molar-refractivity contribution in [2.45, 2.75) is 46.1 Å². The predicted octanol–water partition coefficient (Wildman–Crippen LogP) is 1.88. The maximum atomic E-state index is 11.9. The molecule has 0 radical (unpaired) electrons. The van der Waals surface area contributed by atoms with Crippen LogP contribution < -0.4 is 5.32 Å². The Labute approximate surface area is 105 Å². The summed E-state index contributed by atoms with van der Waals surface area (Å²) in [5.74, 6) is 1.98. The third-order valence-electron chi connectivity index (χ3n) is 4.08. The second-order valence-electron chi connectivity index (χ2n) is 6.16. The van der Waals surface area contributed by atoms with Crippen LogP contribution in [0, 0.1) is 17.8 Å². The van der Waals surface area contributed by atoms with E-state index in [9.17, 15) is 4.79 Å². The molecule has 98 valence electrons. The zero-order valence-corrected chi connectivity index (χ0v) is 11.4. The van der Waals surface area contributed by atoms with E-state index in [0.717, 1.165) is 25.4 Å². The Morgan fingerprint density at radius 1 is 1.35 bits per heavy atom. The number of likely N-dealkylation sites (tertiary alicyclic amines) is 1. The highest BCUT2D eigenvalue weighted by Gasteiger charge is 2.30. The van der Waals surface area contributed by atoms with Crippen molar-refractivity contribution < 1.29 is 4.79 Å². The van der Waals surface area contributed by atoms with Crippen molar-refractivity contribution in [2.24, 2.45) is 17.8 Å². The summed E-state index contributed by atoms with van der Waals surface area (Å²) >= 11 is 0. The second-order valence-corrected chi connectivity index (χ2v) is 6.16. The minimum atomic E-state index is 0.137. The van der Waals surface area contributed by atoms with Gasteiger partial charge in [-0.15, -0.1) is 0 Å². The Morgan fingerprint density at radius 3 is 2.59 bits per heavy atom. The first-order chi connectivity index (χ1) is 8.08. The van der Waals surface area contributed by atoms with E-state index in [-0.39, 0.29) is 5.92 Å². The number of hydrogen-bond acceptors (Lipinski definition) is 2. The van der Waals surface area contributed by atoms with E-state index in [1.807, 2.05) is 18.7 Å². The zero-order valence-electron chi connectivity index (χ0n) is 11.4. The molecule has 1 aliphatic carbocycles. The van der Waals surface area contributed by atoms with Gasteiger partial charge in [-0.1, -0.05) is 20.8 Å². The Kier molecular flexibility index (Phi) is 4.08. The van der Waals surface area contributed by atoms with Crippen molar-refractivity contribution in [2.75, 3.05) is 19.6 Å². The average Bonchev–Trinajstić information content (AvgIpc) is 3.10. The quantitative estimate of drug-likeness (QED) is 0.811.